The first-order chi connectivity index (χ1) is 30.3. The molecule has 11 aromatic rings. The van der Waals surface area contributed by atoms with Gasteiger partial charge in [0.2, 0.25) is 0 Å². The van der Waals surface area contributed by atoms with E-state index < -0.39 is 0 Å². The molecule has 10 aromatic carbocycles. The van der Waals surface area contributed by atoms with Gasteiger partial charge in [-0.3, -0.25) is 0 Å². The van der Waals surface area contributed by atoms with E-state index in [-0.39, 0.29) is 5.41 Å². The summed E-state index contributed by atoms with van der Waals surface area (Å²) >= 11 is 0. The quantitative estimate of drug-likeness (QED) is 0.163. The molecule has 1 heterocycles. The topological polar surface area (TPSA) is 8.17 Å². The highest BCUT2D eigenvalue weighted by Crippen LogP contribution is 2.64. The Hall–Kier alpha value is -7.94. The molecule has 0 amide bonds. The Morgan fingerprint density at radius 3 is 1.59 bits per heavy atom. The number of hydrogen-bond acceptors (Lipinski definition) is 1. The molecule has 0 saturated carbocycles. The Morgan fingerprint density at radius 2 is 0.852 bits per heavy atom. The lowest BCUT2D eigenvalue weighted by Crippen LogP contribution is -2.36. The van der Waals surface area contributed by atoms with E-state index in [1.807, 2.05) is 0 Å². The molecule has 2 aliphatic rings. The molecule has 0 aliphatic heterocycles. The van der Waals surface area contributed by atoms with Crippen LogP contribution in [0.25, 0.3) is 71.6 Å². The minimum absolute atomic E-state index is 0.319. The summed E-state index contributed by atoms with van der Waals surface area (Å²) in [6.45, 7) is 0. The van der Waals surface area contributed by atoms with Crippen LogP contribution < -0.4 is 4.90 Å². The van der Waals surface area contributed by atoms with Crippen molar-refractivity contribution in [1.82, 2.24) is 4.57 Å². The average Bonchev–Trinajstić information content (AvgIpc) is 3.83. The highest BCUT2D eigenvalue weighted by Gasteiger charge is 2.53. The third-order valence-electron chi connectivity index (χ3n) is 13.4. The Morgan fingerprint density at radius 1 is 0.328 bits per heavy atom. The molecule has 2 nitrogen and oxygen atoms in total. The molecule has 1 aromatic heterocycles. The maximum Gasteiger partial charge on any atom is 0.0726 e. The van der Waals surface area contributed by atoms with E-state index in [4.69, 9.17) is 0 Å². The van der Waals surface area contributed by atoms with Crippen molar-refractivity contribution in [3.63, 3.8) is 0 Å². The number of para-hydroxylation sites is 2. The van der Waals surface area contributed by atoms with Crippen molar-refractivity contribution in [2.24, 2.45) is 0 Å². The standard InChI is InChI=1S/C59H38N2/c1-2-13-39(14-3-1)40-27-31-44(32-28-40)60(47-35-36-49-48-19-4-7-22-52(48)59(55(49)38-47)53-23-11-15-42-16-12-24-54(59)58(42)53)46-18-10-17-43(37-46)41-29-33-45(34-30-41)61-56-25-8-5-20-50(56)51-21-6-9-26-57(51)61/h1-38H. The fraction of sp³-hybridized carbons (Fsp3) is 0.0169. The van der Waals surface area contributed by atoms with Crippen LogP contribution in [0.5, 0.6) is 0 Å². The number of benzene rings is 10. The molecule has 13 rings (SSSR count). The second-order valence-corrected chi connectivity index (χ2v) is 16.4. The Kier molecular flexibility index (Phi) is 7.26. The van der Waals surface area contributed by atoms with Crippen LogP contribution >= 0.6 is 0 Å². The third kappa shape index (κ3) is 4.85. The molecular weight excluding hydrogens is 737 g/mol. The maximum absolute atomic E-state index is 2.47. The molecule has 0 saturated heterocycles. The molecule has 61 heavy (non-hydrogen) atoms. The second-order valence-electron chi connectivity index (χ2n) is 16.4. The summed E-state index contributed by atoms with van der Waals surface area (Å²) in [5.74, 6) is 0. The van der Waals surface area contributed by atoms with Gasteiger partial charge in [0, 0.05) is 33.5 Å². The molecule has 0 N–H and O–H groups in total. The van der Waals surface area contributed by atoms with Crippen LogP contribution in [0, 0.1) is 0 Å². The van der Waals surface area contributed by atoms with Gasteiger partial charge in [-0.2, -0.15) is 0 Å². The molecule has 284 valence electrons. The van der Waals surface area contributed by atoms with Crippen molar-refractivity contribution in [3.8, 4) is 39.1 Å². The van der Waals surface area contributed by atoms with Crippen LogP contribution in [-0.4, -0.2) is 4.57 Å². The first kappa shape index (κ1) is 34.0. The molecule has 0 unspecified atom stereocenters. The largest absolute Gasteiger partial charge is 0.310 e. The number of aromatic nitrogens is 1. The lowest BCUT2D eigenvalue weighted by molar-refractivity contribution is 0.745. The predicted octanol–water partition coefficient (Wildman–Crippen LogP) is 15.4. The normalized spacial score (nSPS) is 13.0. The number of nitrogens with zero attached hydrogens (tertiary/aromatic N) is 2. The van der Waals surface area contributed by atoms with Crippen LogP contribution in [0.1, 0.15) is 22.3 Å². The second kappa shape index (κ2) is 13.0. The van der Waals surface area contributed by atoms with E-state index >= 15 is 0 Å². The van der Waals surface area contributed by atoms with Crippen LogP contribution in [0.4, 0.5) is 17.1 Å². The monoisotopic (exact) mass is 774 g/mol. The van der Waals surface area contributed by atoms with E-state index in [1.165, 1.54) is 88.2 Å². The lowest BCUT2D eigenvalue weighted by Gasteiger charge is -2.43. The first-order valence-corrected chi connectivity index (χ1v) is 21.2. The highest BCUT2D eigenvalue weighted by atomic mass is 15.1. The number of rotatable bonds is 6. The van der Waals surface area contributed by atoms with Gasteiger partial charge < -0.3 is 9.47 Å². The average molecular weight is 775 g/mol. The first-order valence-electron chi connectivity index (χ1n) is 21.2. The molecular formula is C59H38N2. The molecule has 2 aliphatic carbocycles. The molecule has 2 heteroatoms. The van der Waals surface area contributed by atoms with E-state index in [9.17, 15) is 0 Å². The summed E-state index contributed by atoms with van der Waals surface area (Å²) in [6.07, 6.45) is 0. The Balaban J connectivity index is 0.954. The van der Waals surface area contributed by atoms with Gasteiger partial charge in [-0.1, -0.05) is 170 Å². The molecule has 0 bridgehead atoms. The van der Waals surface area contributed by atoms with Gasteiger partial charge in [-0.05, 0) is 127 Å². The Bertz CT molecular complexity index is 3430. The van der Waals surface area contributed by atoms with Crippen molar-refractivity contribution >= 4 is 49.6 Å². The lowest BCUT2D eigenvalue weighted by atomic mass is 9.58. The molecule has 1 spiro atoms. The SMILES string of the molecule is c1ccc(-c2ccc(N(c3cccc(-c4ccc(-n5c6ccccc6c6ccccc65)cc4)c3)c3ccc4c(c3)C3(c5ccccc5-4)c4cccc5cccc3c45)cc2)cc1. The summed E-state index contributed by atoms with van der Waals surface area (Å²) in [5.41, 5.74) is 19.5. The third-order valence-corrected chi connectivity index (χ3v) is 13.4. The molecule has 0 radical (unpaired) electrons. The summed E-state index contributed by atoms with van der Waals surface area (Å²) < 4.78 is 2.38. The van der Waals surface area contributed by atoms with Gasteiger partial charge in [-0.15, -0.1) is 0 Å². The van der Waals surface area contributed by atoms with E-state index in [0.29, 0.717) is 0 Å². The zero-order valence-corrected chi connectivity index (χ0v) is 33.3. The van der Waals surface area contributed by atoms with Crippen molar-refractivity contribution in [2.45, 2.75) is 5.41 Å². The van der Waals surface area contributed by atoms with Gasteiger partial charge in [0.25, 0.3) is 0 Å². The van der Waals surface area contributed by atoms with Crippen molar-refractivity contribution in [3.05, 3.63) is 253 Å². The number of hydrogen-bond donors (Lipinski definition) is 0. The zero-order valence-electron chi connectivity index (χ0n) is 33.3. The van der Waals surface area contributed by atoms with Gasteiger partial charge in [0.05, 0.1) is 16.4 Å². The summed E-state index contributed by atoms with van der Waals surface area (Å²) in [6, 6.07) is 85.0. The highest BCUT2D eigenvalue weighted by molar-refractivity contribution is 6.09. The van der Waals surface area contributed by atoms with Gasteiger partial charge in [0.1, 0.15) is 0 Å². The summed E-state index contributed by atoms with van der Waals surface area (Å²) in [5, 5.41) is 5.24. The van der Waals surface area contributed by atoms with E-state index in [2.05, 4.69) is 240 Å². The van der Waals surface area contributed by atoms with Crippen LogP contribution in [-0.2, 0) is 5.41 Å². The van der Waals surface area contributed by atoms with Crippen molar-refractivity contribution in [1.29, 1.82) is 0 Å². The van der Waals surface area contributed by atoms with E-state index in [0.717, 1.165) is 22.7 Å². The van der Waals surface area contributed by atoms with Gasteiger partial charge in [0.15, 0.2) is 0 Å². The van der Waals surface area contributed by atoms with Crippen LogP contribution in [0.3, 0.4) is 0 Å². The maximum atomic E-state index is 2.47. The van der Waals surface area contributed by atoms with E-state index in [1.54, 1.807) is 0 Å². The zero-order chi connectivity index (χ0) is 40.1. The van der Waals surface area contributed by atoms with Crippen molar-refractivity contribution in [2.75, 3.05) is 4.90 Å². The minimum atomic E-state index is -0.319. The molecule has 0 fully saturated rings. The fourth-order valence-corrected chi connectivity index (χ4v) is 10.7. The van der Waals surface area contributed by atoms with Crippen LogP contribution in [0.15, 0.2) is 231 Å². The summed E-state index contributed by atoms with van der Waals surface area (Å²) in [7, 11) is 0. The van der Waals surface area contributed by atoms with Gasteiger partial charge >= 0.3 is 0 Å². The predicted molar refractivity (Wildman–Crippen MR) is 255 cm³/mol. The van der Waals surface area contributed by atoms with Crippen LogP contribution in [0.2, 0.25) is 0 Å². The molecule has 0 atom stereocenters. The summed E-state index contributed by atoms with van der Waals surface area (Å²) in [4.78, 5) is 2.44. The minimum Gasteiger partial charge on any atom is -0.310 e. The smallest absolute Gasteiger partial charge is 0.0726 e. The number of fused-ring (bicyclic) bond motifs is 10. The fourth-order valence-electron chi connectivity index (χ4n) is 10.7. The van der Waals surface area contributed by atoms with Crippen molar-refractivity contribution < 1.29 is 0 Å². The van der Waals surface area contributed by atoms with Gasteiger partial charge in [-0.25, -0.2) is 0 Å². The number of anilines is 3. The Labute approximate surface area is 354 Å².